The monoisotopic (exact) mass is 505 g/mol. The molecule has 8 nitrogen and oxygen atoms in total. The molecule has 0 aliphatic carbocycles. The van der Waals surface area contributed by atoms with Crippen molar-refractivity contribution in [2.24, 2.45) is 5.92 Å². The van der Waals surface area contributed by atoms with Crippen LogP contribution in [0.5, 0.6) is 5.75 Å². The van der Waals surface area contributed by atoms with Gasteiger partial charge in [-0.1, -0.05) is 52.7 Å². The highest BCUT2D eigenvalue weighted by atomic mass is 16.6. The average molecular weight is 506 g/mol. The second kappa shape index (κ2) is 13.5. The molecule has 0 bridgehead atoms. The Morgan fingerprint density at radius 1 is 1.00 bits per heavy atom. The van der Waals surface area contributed by atoms with Crippen LogP contribution < -0.4 is 10.6 Å². The van der Waals surface area contributed by atoms with Crippen molar-refractivity contribution in [1.29, 1.82) is 0 Å². The van der Waals surface area contributed by atoms with Crippen molar-refractivity contribution in [1.82, 2.24) is 15.5 Å². The van der Waals surface area contributed by atoms with E-state index in [0.717, 1.165) is 19.3 Å². The highest BCUT2D eigenvalue weighted by molar-refractivity contribution is 5.92. The maximum absolute atomic E-state index is 14.2. The number of alkyl carbamates (subject to hydrolysis) is 1. The molecule has 3 N–H and O–H groups in total. The van der Waals surface area contributed by atoms with Gasteiger partial charge < -0.3 is 25.4 Å². The van der Waals surface area contributed by atoms with E-state index >= 15 is 0 Å². The number of hydrogen-bond acceptors (Lipinski definition) is 5. The number of carbonyl (C=O) groups is 3. The van der Waals surface area contributed by atoms with Gasteiger partial charge in [-0.25, -0.2) is 4.79 Å². The zero-order valence-electron chi connectivity index (χ0n) is 23.6. The number of aromatic hydroxyl groups is 1. The standard InChI is InChI=1S/C28H47N3O5/c1-10-12-13-18-29-24(33)23(20-14-16-21(32)17-15-20)31(28(8,9)11-2)25(34)22(19(3)4)30-26(35)36-27(5,6)7/h14-17,19,22-23,32H,10-13,18H2,1-9H3,(H,29,33)(H,30,35). The van der Waals surface area contributed by atoms with E-state index in [4.69, 9.17) is 4.74 Å². The van der Waals surface area contributed by atoms with Crippen LogP contribution >= 0.6 is 0 Å². The van der Waals surface area contributed by atoms with Gasteiger partial charge >= 0.3 is 6.09 Å². The summed E-state index contributed by atoms with van der Waals surface area (Å²) in [4.78, 5) is 42.0. The van der Waals surface area contributed by atoms with Crippen LogP contribution in [-0.2, 0) is 14.3 Å². The third kappa shape index (κ3) is 9.36. The number of amides is 3. The number of phenolic OH excluding ortho intramolecular Hbond substituents is 1. The molecule has 0 saturated carbocycles. The van der Waals surface area contributed by atoms with Gasteiger partial charge in [0, 0.05) is 12.1 Å². The van der Waals surface area contributed by atoms with E-state index in [1.807, 2.05) is 34.6 Å². The molecule has 0 aromatic heterocycles. The van der Waals surface area contributed by atoms with E-state index in [1.165, 1.54) is 12.1 Å². The number of nitrogens with one attached hydrogen (secondary N) is 2. The van der Waals surface area contributed by atoms with Crippen molar-refractivity contribution >= 4 is 17.9 Å². The minimum atomic E-state index is -0.948. The zero-order chi connectivity index (χ0) is 27.7. The lowest BCUT2D eigenvalue weighted by Gasteiger charge is -2.45. The summed E-state index contributed by atoms with van der Waals surface area (Å²) < 4.78 is 5.41. The quantitative estimate of drug-likeness (QED) is 0.334. The number of nitrogens with zero attached hydrogens (tertiary/aromatic N) is 1. The molecule has 0 saturated heterocycles. The van der Waals surface area contributed by atoms with Gasteiger partial charge in [0.1, 0.15) is 23.4 Å². The van der Waals surface area contributed by atoms with Crippen LogP contribution in [0.3, 0.4) is 0 Å². The van der Waals surface area contributed by atoms with Crippen molar-refractivity contribution in [2.45, 2.75) is 111 Å². The molecular weight excluding hydrogens is 458 g/mol. The number of rotatable bonds is 12. The molecule has 1 rings (SSSR count). The molecule has 36 heavy (non-hydrogen) atoms. The lowest BCUT2D eigenvalue weighted by molar-refractivity contribution is -0.150. The maximum Gasteiger partial charge on any atom is 0.408 e. The van der Waals surface area contributed by atoms with Gasteiger partial charge in [-0.3, -0.25) is 9.59 Å². The van der Waals surface area contributed by atoms with E-state index in [2.05, 4.69) is 17.6 Å². The molecule has 1 aromatic rings. The Bertz CT molecular complexity index is 859. The summed E-state index contributed by atoms with van der Waals surface area (Å²) in [7, 11) is 0. The first kappa shape index (κ1) is 31.3. The van der Waals surface area contributed by atoms with Gasteiger partial charge in [-0.2, -0.15) is 0 Å². The predicted molar refractivity (Wildman–Crippen MR) is 143 cm³/mol. The molecule has 204 valence electrons. The Morgan fingerprint density at radius 3 is 2.06 bits per heavy atom. The summed E-state index contributed by atoms with van der Waals surface area (Å²) in [6.07, 6.45) is 2.74. The van der Waals surface area contributed by atoms with Gasteiger partial charge in [-0.05, 0) is 71.1 Å². The molecule has 0 heterocycles. The van der Waals surface area contributed by atoms with Crippen LogP contribution in [0, 0.1) is 5.92 Å². The summed E-state index contributed by atoms with van der Waals surface area (Å²) in [6, 6.07) is 4.47. The third-order valence-electron chi connectivity index (χ3n) is 6.15. The molecule has 0 aliphatic heterocycles. The van der Waals surface area contributed by atoms with Crippen LogP contribution in [0.15, 0.2) is 24.3 Å². The molecule has 1 aromatic carbocycles. The smallest absolute Gasteiger partial charge is 0.408 e. The van der Waals surface area contributed by atoms with Gasteiger partial charge in [-0.15, -0.1) is 0 Å². The molecule has 0 radical (unpaired) electrons. The fourth-order valence-corrected chi connectivity index (χ4v) is 3.80. The third-order valence-corrected chi connectivity index (χ3v) is 6.15. The first-order valence-electron chi connectivity index (χ1n) is 13.0. The second-order valence-electron chi connectivity index (χ2n) is 11.2. The lowest BCUT2D eigenvalue weighted by Crippen LogP contribution is -2.60. The molecule has 0 fully saturated rings. The van der Waals surface area contributed by atoms with Crippen LogP contribution in [0.25, 0.3) is 0 Å². The fraction of sp³-hybridized carbons (Fsp3) is 0.679. The number of hydrogen-bond donors (Lipinski definition) is 3. The van der Waals surface area contributed by atoms with Crippen molar-refractivity contribution in [3.05, 3.63) is 29.8 Å². The van der Waals surface area contributed by atoms with E-state index in [9.17, 15) is 19.5 Å². The van der Waals surface area contributed by atoms with Gasteiger partial charge in [0.15, 0.2) is 0 Å². The van der Waals surface area contributed by atoms with Gasteiger partial charge in [0.25, 0.3) is 0 Å². The summed E-state index contributed by atoms with van der Waals surface area (Å²) in [5, 5.41) is 15.6. The van der Waals surface area contributed by atoms with Crippen LogP contribution in [0.1, 0.15) is 99.6 Å². The van der Waals surface area contributed by atoms with E-state index < -0.39 is 29.3 Å². The van der Waals surface area contributed by atoms with Crippen LogP contribution in [0.4, 0.5) is 4.79 Å². The molecule has 0 aliphatic rings. The number of benzene rings is 1. The Balaban J connectivity index is 3.52. The zero-order valence-corrected chi connectivity index (χ0v) is 23.6. The summed E-state index contributed by atoms with van der Waals surface area (Å²) >= 11 is 0. The van der Waals surface area contributed by atoms with Gasteiger partial charge in [0.2, 0.25) is 11.8 Å². The van der Waals surface area contributed by atoms with E-state index in [1.54, 1.807) is 37.8 Å². The van der Waals surface area contributed by atoms with Crippen molar-refractivity contribution in [2.75, 3.05) is 6.54 Å². The number of phenols is 1. The Morgan fingerprint density at radius 2 is 1.58 bits per heavy atom. The SMILES string of the molecule is CCCCCNC(=O)C(c1ccc(O)cc1)N(C(=O)C(NC(=O)OC(C)(C)C)C(C)C)C(C)(C)CC. The fourth-order valence-electron chi connectivity index (χ4n) is 3.80. The van der Waals surface area contributed by atoms with E-state index in [-0.39, 0.29) is 23.5 Å². The molecule has 3 amide bonds. The minimum absolute atomic E-state index is 0.0696. The number of carbonyl (C=O) groups excluding carboxylic acids is 3. The normalized spacial score (nSPS) is 13.6. The van der Waals surface area contributed by atoms with Crippen LogP contribution in [0.2, 0.25) is 0 Å². The Labute approximate surface area is 217 Å². The highest BCUT2D eigenvalue weighted by Gasteiger charge is 2.43. The second-order valence-corrected chi connectivity index (χ2v) is 11.2. The highest BCUT2D eigenvalue weighted by Crippen LogP contribution is 2.33. The molecule has 2 unspecified atom stereocenters. The van der Waals surface area contributed by atoms with Crippen molar-refractivity contribution in [3.8, 4) is 5.75 Å². The number of ether oxygens (including phenoxy) is 1. The Hall–Kier alpha value is -2.77. The predicted octanol–water partition coefficient (Wildman–Crippen LogP) is 5.31. The first-order valence-corrected chi connectivity index (χ1v) is 13.0. The van der Waals surface area contributed by atoms with Gasteiger partial charge in [0.05, 0.1) is 0 Å². The summed E-state index contributed by atoms with van der Waals surface area (Å²) in [5.74, 6) is -0.857. The summed E-state index contributed by atoms with van der Waals surface area (Å²) in [6.45, 7) is 17.3. The molecule has 2 atom stereocenters. The van der Waals surface area contributed by atoms with Crippen molar-refractivity contribution in [3.63, 3.8) is 0 Å². The van der Waals surface area contributed by atoms with Crippen molar-refractivity contribution < 1.29 is 24.2 Å². The topological polar surface area (TPSA) is 108 Å². The minimum Gasteiger partial charge on any atom is -0.508 e. The lowest BCUT2D eigenvalue weighted by atomic mass is 9.90. The number of unbranched alkanes of at least 4 members (excludes halogenated alkanes) is 2. The maximum atomic E-state index is 14.2. The average Bonchev–Trinajstić information content (AvgIpc) is 2.77. The Kier molecular flexibility index (Phi) is 11.7. The van der Waals surface area contributed by atoms with Crippen LogP contribution in [-0.4, -0.2) is 51.6 Å². The summed E-state index contributed by atoms with van der Waals surface area (Å²) in [5.41, 5.74) is -0.858. The molecule has 8 heteroatoms. The first-order chi connectivity index (χ1) is 16.6. The largest absolute Gasteiger partial charge is 0.508 e. The molecular formula is C28H47N3O5. The van der Waals surface area contributed by atoms with E-state index in [0.29, 0.717) is 18.5 Å². The molecule has 0 spiro atoms.